The minimum atomic E-state index is -0.984. The van der Waals surface area contributed by atoms with Crippen molar-refractivity contribution in [2.75, 3.05) is 0 Å². The molecule has 7 nitrogen and oxygen atoms in total. The van der Waals surface area contributed by atoms with Crippen molar-refractivity contribution >= 4 is 17.9 Å². The summed E-state index contributed by atoms with van der Waals surface area (Å²) in [6, 6.07) is 5.95. The minimum Gasteiger partial charge on any atom is -0.478 e. The molecule has 1 saturated carbocycles. The van der Waals surface area contributed by atoms with Gasteiger partial charge >= 0.3 is 12.0 Å². The number of aromatic carboxylic acids is 1. The van der Waals surface area contributed by atoms with Crippen LogP contribution in [-0.4, -0.2) is 29.1 Å². The van der Waals surface area contributed by atoms with Crippen LogP contribution in [0.5, 0.6) is 0 Å². The second-order valence-electron chi connectivity index (χ2n) is 5.44. The number of urea groups is 1. The highest BCUT2D eigenvalue weighted by Crippen LogP contribution is 2.24. The van der Waals surface area contributed by atoms with E-state index < -0.39 is 5.97 Å². The second kappa shape index (κ2) is 6.93. The predicted octanol–water partition coefficient (Wildman–Crippen LogP) is 0.838. The first-order chi connectivity index (χ1) is 10.5. The lowest BCUT2D eigenvalue weighted by Gasteiger charge is -2.13. The molecule has 118 valence electrons. The molecule has 0 aliphatic heterocycles. The summed E-state index contributed by atoms with van der Waals surface area (Å²) in [4.78, 5) is 33.6. The number of nitrogens with two attached hydrogens (primary N) is 1. The van der Waals surface area contributed by atoms with E-state index in [4.69, 9.17) is 10.8 Å². The highest BCUT2D eigenvalue weighted by Gasteiger charge is 2.29. The van der Waals surface area contributed by atoms with Gasteiger partial charge in [0.2, 0.25) is 5.91 Å². The molecule has 0 bridgehead atoms. The number of nitrogens with one attached hydrogen (secondary N) is 2. The Hall–Kier alpha value is -2.57. The summed E-state index contributed by atoms with van der Waals surface area (Å²) >= 11 is 0. The molecule has 5 N–H and O–H groups in total. The highest BCUT2D eigenvalue weighted by atomic mass is 16.4. The van der Waals surface area contributed by atoms with Crippen LogP contribution >= 0.6 is 0 Å². The lowest BCUT2D eigenvalue weighted by atomic mass is 10.1. The van der Waals surface area contributed by atoms with Crippen LogP contribution in [0.1, 0.15) is 35.2 Å². The van der Waals surface area contributed by atoms with E-state index in [1.165, 1.54) is 12.1 Å². The number of primary amides is 1. The van der Waals surface area contributed by atoms with Crippen LogP contribution in [0.25, 0.3) is 0 Å². The third-order valence-electron chi connectivity index (χ3n) is 3.82. The van der Waals surface area contributed by atoms with Crippen molar-refractivity contribution in [3.05, 3.63) is 35.4 Å². The van der Waals surface area contributed by atoms with Gasteiger partial charge in [-0.15, -0.1) is 0 Å². The van der Waals surface area contributed by atoms with Crippen molar-refractivity contribution < 1.29 is 19.5 Å². The zero-order chi connectivity index (χ0) is 16.1. The van der Waals surface area contributed by atoms with Crippen LogP contribution in [0.15, 0.2) is 24.3 Å². The van der Waals surface area contributed by atoms with Crippen molar-refractivity contribution in [1.29, 1.82) is 0 Å². The Balaban J connectivity index is 1.76. The summed E-state index contributed by atoms with van der Waals surface area (Å²) in [5.74, 6) is -1.46. The average Bonchev–Trinajstić information content (AvgIpc) is 2.94. The molecule has 2 rings (SSSR count). The van der Waals surface area contributed by atoms with Gasteiger partial charge in [0.1, 0.15) is 0 Å². The van der Waals surface area contributed by atoms with Crippen LogP contribution in [0.3, 0.4) is 0 Å². The summed E-state index contributed by atoms with van der Waals surface area (Å²) in [6.07, 6.45) is 2.03. The number of benzene rings is 1. The molecule has 0 heterocycles. The van der Waals surface area contributed by atoms with E-state index in [0.29, 0.717) is 19.4 Å². The van der Waals surface area contributed by atoms with Crippen LogP contribution in [0.4, 0.5) is 4.79 Å². The summed E-state index contributed by atoms with van der Waals surface area (Å²) in [6.45, 7) is 0.303. The lowest BCUT2D eigenvalue weighted by molar-refractivity contribution is -0.121. The Kier molecular flexibility index (Phi) is 4.98. The smallest absolute Gasteiger partial charge is 0.335 e. The van der Waals surface area contributed by atoms with Crippen LogP contribution in [0.2, 0.25) is 0 Å². The molecule has 0 saturated heterocycles. The molecular formula is C15H19N3O4. The SMILES string of the molecule is NC(=O)[C@@H]1CC[C@H](NC(=O)NCc2ccc(C(=O)O)cc2)C1. The largest absolute Gasteiger partial charge is 0.478 e. The van der Waals surface area contributed by atoms with Gasteiger partial charge in [-0.3, -0.25) is 4.79 Å². The van der Waals surface area contributed by atoms with Gasteiger partial charge in [-0.05, 0) is 37.0 Å². The van der Waals surface area contributed by atoms with Crippen LogP contribution in [0, 0.1) is 5.92 Å². The molecule has 1 aliphatic carbocycles. The van der Waals surface area contributed by atoms with Gasteiger partial charge in [0, 0.05) is 18.5 Å². The second-order valence-corrected chi connectivity index (χ2v) is 5.44. The number of carboxylic acids is 1. The molecule has 22 heavy (non-hydrogen) atoms. The van der Waals surface area contributed by atoms with Gasteiger partial charge in [0.05, 0.1) is 5.56 Å². The van der Waals surface area contributed by atoms with Gasteiger partial charge in [-0.25, -0.2) is 9.59 Å². The fourth-order valence-electron chi connectivity index (χ4n) is 2.55. The van der Waals surface area contributed by atoms with Crippen molar-refractivity contribution in [3.63, 3.8) is 0 Å². The number of carbonyl (C=O) groups excluding carboxylic acids is 2. The van der Waals surface area contributed by atoms with E-state index in [1.807, 2.05) is 0 Å². The highest BCUT2D eigenvalue weighted by molar-refractivity contribution is 5.87. The molecule has 0 radical (unpaired) electrons. The molecule has 3 amide bonds. The first kappa shape index (κ1) is 15.8. The number of amides is 3. The minimum absolute atomic E-state index is 0.0353. The summed E-state index contributed by atoms with van der Waals surface area (Å²) < 4.78 is 0. The summed E-state index contributed by atoms with van der Waals surface area (Å²) in [7, 11) is 0. The van der Waals surface area contributed by atoms with Gasteiger partial charge in [-0.1, -0.05) is 12.1 Å². The van der Waals surface area contributed by atoms with Gasteiger partial charge < -0.3 is 21.5 Å². The summed E-state index contributed by atoms with van der Waals surface area (Å²) in [5, 5.41) is 14.3. The number of carboxylic acid groups (broad SMARTS) is 1. The maximum atomic E-state index is 11.8. The van der Waals surface area contributed by atoms with Crippen molar-refractivity contribution in [3.8, 4) is 0 Å². The first-order valence-corrected chi connectivity index (χ1v) is 7.11. The fourth-order valence-corrected chi connectivity index (χ4v) is 2.55. The van der Waals surface area contributed by atoms with Gasteiger partial charge in [-0.2, -0.15) is 0 Å². The molecule has 0 aromatic heterocycles. The zero-order valence-electron chi connectivity index (χ0n) is 12.0. The number of carbonyl (C=O) groups is 3. The molecule has 0 spiro atoms. The molecule has 1 aliphatic rings. The van der Waals surface area contributed by atoms with Crippen LogP contribution < -0.4 is 16.4 Å². The van der Waals surface area contributed by atoms with Crippen molar-refractivity contribution in [1.82, 2.24) is 10.6 Å². The zero-order valence-corrected chi connectivity index (χ0v) is 12.0. The third-order valence-corrected chi connectivity index (χ3v) is 3.82. The van der Waals surface area contributed by atoms with Crippen LogP contribution in [-0.2, 0) is 11.3 Å². The van der Waals surface area contributed by atoms with E-state index in [9.17, 15) is 14.4 Å². The first-order valence-electron chi connectivity index (χ1n) is 7.11. The van der Waals surface area contributed by atoms with Crippen molar-refractivity contribution in [2.24, 2.45) is 11.7 Å². The third kappa shape index (κ3) is 4.21. The Morgan fingerprint density at radius 3 is 2.41 bits per heavy atom. The fraction of sp³-hybridized carbons (Fsp3) is 0.400. The Labute approximate surface area is 127 Å². The molecule has 1 aromatic carbocycles. The predicted molar refractivity (Wildman–Crippen MR) is 79.1 cm³/mol. The average molecular weight is 305 g/mol. The van der Waals surface area contributed by atoms with E-state index in [0.717, 1.165) is 12.0 Å². The van der Waals surface area contributed by atoms with E-state index in [2.05, 4.69) is 10.6 Å². The molecule has 7 heteroatoms. The van der Waals surface area contributed by atoms with Crippen molar-refractivity contribution in [2.45, 2.75) is 31.8 Å². The Morgan fingerprint density at radius 1 is 1.18 bits per heavy atom. The maximum Gasteiger partial charge on any atom is 0.335 e. The summed E-state index contributed by atoms with van der Waals surface area (Å²) in [5.41, 5.74) is 6.26. The van der Waals surface area contributed by atoms with E-state index in [1.54, 1.807) is 12.1 Å². The molecule has 0 unspecified atom stereocenters. The normalized spacial score (nSPS) is 20.4. The van der Waals surface area contributed by atoms with E-state index in [-0.39, 0.29) is 29.5 Å². The lowest BCUT2D eigenvalue weighted by Crippen LogP contribution is -2.41. The number of hydrogen-bond acceptors (Lipinski definition) is 3. The topological polar surface area (TPSA) is 122 Å². The molecule has 1 aromatic rings. The maximum absolute atomic E-state index is 11.8. The molecule has 2 atom stereocenters. The van der Waals surface area contributed by atoms with E-state index >= 15 is 0 Å². The monoisotopic (exact) mass is 305 g/mol. The standard InChI is InChI=1S/C15H19N3O4/c16-13(19)11-5-6-12(7-11)18-15(22)17-8-9-1-3-10(4-2-9)14(20)21/h1-4,11-12H,5-8H2,(H2,16,19)(H,20,21)(H2,17,18,22)/t11-,12+/m1/s1. The quantitative estimate of drug-likeness (QED) is 0.644. The van der Waals surface area contributed by atoms with Gasteiger partial charge in [0.15, 0.2) is 0 Å². The number of hydrogen-bond donors (Lipinski definition) is 4. The Bertz CT molecular complexity index is 571. The number of rotatable bonds is 5. The molecule has 1 fully saturated rings. The molecular weight excluding hydrogens is 286 g/mol. The van der Waals surface area contributed by atoms with Gasteiger partial charge in [0.25, 0.3) is 0 Å². The Morgan fingerprint density at radius 2 is 1.86 bits per heavy atom.